The molecular weight excluding hydrogens is 318 g/mol. The highest BCUT2D eigenvalue weighted by Gasteiger charge is 2.24. The molecule has 0 unspecified atom stereocenters. The maximum Gasteiger partial charge on any atom is 0.372 e. The van der Waals surface area contributed by atoms with Gasteiger partial charge in [-0.2, -0.15) is 4.99 Å². The molecule has 1 amide bonds. The predicted octanol–water partition coefficient (Wildman–Crippen LogP) is 2.20. The fourth-order valence-corrected chi connectivity index (χ4v) is 3.74. The quantitative estimate of drug-likeness (QED) is 0.753. The highest BCUT2D eigenvalue weighted by atomic mass is 32.2. The molecule has 0 saturated heterocycles. The first-order chi connectivity index (χ1) is 10.7. The van der Waals surface area contributed by atoms with Gasteiger partial charge in [0.15, 0.2) is 10.8 Å². The molecule has 1 aliphatic heterocycles. The Bertz CT molecular complexity index is 920. The number of para-hydroxylation sites is 1. The highest BCUT2D eigenvalue weighted by molar-refractivity contribution is 8.17. The first kappa shape index (κ1) is 13.3. The lowest BCUT2D eigenvalue weighted by Gasteiger charge is -1.90. The van der Waals surface area contributed by atoms with E-state index in [-0.39, 0.29) is 5.24 Å². The van der Waals surface area contributed by atoms with Crippen LogP contribution >= 0.6 is 23.1 Å². The molecule has 4 rings (SSSR count). The number of amidine groups is 1. The standard InChI is InChI=1S/C15H9N3O2S2/c16-13-12(22-15(19)18-13)7-8-5-6-10(20-8)14-17-9-3-1-2-4-11(9)21-14/h1-7H,(H2,16,18,19)/p+1/b12-7-. The van der Waals surface area contributed by atoms with Crippen molar-refractivity contribution in [2.45, 2.75) is 0 Å². The van der Waals surface area contributed by atoms with E-state index in [2.05, 4.69) is 9.98 Å². The molecule has 2 aromatic heterocycles. The monoisotopic (exact) mass is 328 g/mol. The number of amides is 1. The van der Waals surface area contributed by atoms with Crippen LogP contribution in [-0.4, -0.2) is 16.1 Å². The molecule has 108 valence electrons. The maximum absolute atomic E-state index is 11.3. The smallest absolute Gasteiger partial charge is 0.372 e. The summed E-state index contributed by atoms with van der Waals surface area (Å²) in [7, 11) is 0. The van der Waals surface area contributed by atoms with E-state index in [4.69, 9.17) is 10.2 Å². The molecule has 3 N–H and O–H groups in total. The highest BCUT2D eigenvalue weighted by Crippen LogP contribution is 2.32. The van der Waals surface area contributed by atoms with Crippen LogP contribution in [0.15, 0.2) is 45.7 Å². The van der Waals surface area contributed by atoms with Gasteiger partial charge in [0.05, 0.1) is 10.2 Å². The molecule has 0 radical (unpaired) electrons. The van der Waals surface area contributed by atoms with Crippen LogP contribution in [0.3, 0.4) is 0 Å². The molecule has 3 aromatic rings. The summed E-state index contributed by atoms with van der Waals surface area (Å²) >= 11 is 2.63. The van der Waals surface area contributed by atoms with Gasteiger partial charge in [0.25, 0.3) is 5.84 Å². The summed E-state index contributed by atoms with van der Waals surface area (Å²) in [6.07, 6.45) is 1.74. The SMILES string of the molecule is NC1=[NH+]C(=O)S/C1=C\c1ccc(-c2nc3ccccc3s2)o1. The number of benzene rings is 1. The Morgan fingerprint density at radius 2 is 2.09 bits per heavy atom. The van der Waals surface area contributed by atoms with Crippen molar-refractivity contribution in [3.05, 3.63) is 47.1 Å². The average molecular weight is 328 g/mol. The number of hydrogen-bond acceptors (Lipinski definition) is 6. The second-order valence-corrected chi connectivity index (χ2v) is 6.67. The zero-order chi connectivity index (χ0) is 15.1. The lowest BCUT2D eigenvalue weighted by Crippen LogP contribution is -2.74. The van der Waals surface area contributed by atoms with E-state index >= 15 is 0 Å². The number of aromatic nitrogens is 1. The van der Waals surface area contributed by atoms with Gasteiger partial charge in [0, 0.05) is 17.8 Å². The fourth-order valence-electron chi connectivity index (χ4n) is 2.11. The molecule has 3 heterocycles. The summed E-state index contributed by atoms with van der Waals surface area (Å²) in [5.74, 6) is 1.69. The molecular formula is C15H10N3O2S2+. The molecule has 5 nitrogen and oxygen atoms in total. The Morgan fingerprint density at radius 3 is 2.86 bits per heavy atom. The van der Waals surface area contributed by atoms with E-state index in [1.807, 2.05) is 36.4 Å². The van der Waals surface area contributed by atoms with Gasteiger partial charge in [-0.05, 0) is 24.3 Å². The number of thioether (sulfide) groups is 1. The van der Waals surface area contributed by atoms with Crippen molar-refractivity contribution in [1.29, 1.82) is 0 Å². The number of carbonyl (C=O) groups is 1. The van der Waals surface area contributed by atoms with E-state index in [0.29, 0.717) is 22.3 Å². The van der Waals surface area contributed by atoms with Gasteiger partial charge in [-0.25, -0.2) is 9.78 Å². The number of nitrogens with one attached hydrogen (secondary N) is 1. The van der Waals surface area contributed by atoms with Crippen LogP contribution in [-0.2, 0) is 0 Å². The zero-order valence-corrected chi connectivity index (χ0v) is 12.8. The van der Waals surface area contributed by atoms with Crippen LogP contribution < -0.4 is 10.7 Å². The molecule has 22 heavy (non-hydrogen) atoms. The normalized spacial score (nSPS) is 16.6. The number of carbonyl (C=O) groups excluding carboxylic acids is 1. The topological polar surface area (TPSA) is 83.1 Å². The molecule has 0 bridgehead atoms. The van der Waals surface area contributed by atoms with Crippen LogP contribution in [0.4, 0.5) is 4.79 Å². The van der Waals surface area contributed by atoms with Crippen molar-refractivity contribution >= 4 is 50.5 Å². The van der Waals surface area contributed by atoms with E-state index in [1.54, 1.807) is 17.4 Å². The van der Waals surface area contributed by atoms with Crippen LogP contribution in [0.5, 0.6) is 0 Å². The molecule has 0 aliphatic carbocycles. The Labute approximate surface area is 133 Å². The molecule has 0 saturated carbocycles. The van der Waals surface area contributed by atoms with Crippen LogP contribution in [0, 0.1) is 0 Å². The minimum absolute atomic E-state index is 0.179. The van der Waals surface area contributed by atoms with Gasteiger partial charge in [0.1, 0.15) is 10.7 Å². The van der Waals surface area contributed by atoms with Crippen LogP contribution in [0.1, 0.15) is 5.76 Å². The molecule has 0 atom stereocenters. The largest absolute Gasteiger partial charge is 0.454 e. The van der Waals surface area contributed by atoms with Gasteiger partial charge < -0.3 is 4.42 Å². The van der Waals surface area contributed by atoms with Gasteiger partial charge in [-0.15, -0.1) is 11.3 Å². The minimum atomic E-state index is -0.179. The Hall–Kier alpha value is -2.38. The van der Waals surface area contributed by atoms with Crippen molar-refractivity contribution in [2.24, 2.45) is 5.73 Å². The summed E-state index contributed by atoms with van der Waals surface area (Å²) < 4.78 is 6.91. The van der Waals surface area contributed by atoms with Gasteiger partial charge in [0.2, 0.25) is 0 Å². The molecule has 7 heteroatoms. The number of rotatable bonds is 2. The van der Waals surface area contributed by atoms with E-state index < -0.39 is 0 Å². The number of furan rings is 1. The second-order valence-electron chi connectivity index (χ2n) is 4.63. The van der Waals surface area contributed by atoms with Crippen molar-refractivity contribution in [3.8, 4) is 10.8 Å². The first-order valence-corrected chi connectivity index (χ1v) is 8.11. The predicted molar refractivity (Wildman–Crippen MR) is 88.4 cm³/mol. The van der Waals surface area contributed by atoms with Crippen molar-refractivity contribution < 1.29 is 14.2 Å². The number of hydrogen-bond donors (Lipinski definition) is 2. The van der Waals surface area contributed by atoms with E-state index in [1.165, 1.54) is 0 Å². The third-order valence-electron chi connectivity index (χ3n) is 3.11. The zero-order valence-electron chi connectivity index (χ0n) is 11.2. The Morgan fingerprint density at radius 1 is 1.23 bits per heavy atom. The molecule has 1 aromatic carbocycles. The summed E-state index contributed by atoms with van der Waals surface area (Å²) in [6, 6.07) is 11.7. The summed E-state index contributed by atoms with van der Waals surface area (Å²) in [6.45, 7) is 0. The molecule has 1 aliphatic rings. The maximum atomic E-state index is 11.3. The van der Waals surface area contributed by atoms with Gasteiger partial charge in [-0.1, -0.05) is 12.1 Å². The Balaban J connectivity index is 1.68. The second kappa shape index (κ2) is 5.11. The van der Waals surface area contributed by atoms with Crippen molar-refractivity contribution in [2.75, 3.05) is 0 Å². The lowest BCUT2D eigenvalue weighted by atomic mass is 10.3. The van der Waals surface area contributed by atoms with E-state index in [9.17, 15) is 4.79 Å². The van der Waals surface area contributed by atoms with Crippen molar-refractivity contribution in [3.63, 3.8) is 0 Å². The number of thiazole rings is 1. The third-order valence-corrected chi connectivity index (χ3v) is 5.01. The number of nitrogens with two attached hydrogens (primary N) is 1. The van der Waals surface area contributed by atoms with Gasteiger partial charge >= 0.3 is 5.24 Å². The summed E-state index contributed by atoms with van der Waals surface area (Å²) in [4.78, 5) is 19.0. The third kappa shape index (κ3) is 2.34. The fraction of sp³-hybridized carbons (Fsp3) is 0. The summed E-state index contributed by atoms with van der Waals surface area (Å²) in [5.41, 5.74) is 6.69. The van der Waals surface area contributed by atoms with Crippen LogP contribution in [0.25, 0.3) is 27.1 Å². The summed E-state index contributed by atoms with van der Waals surface area (Å²) in [5, 5.41) is 0.651. The lowest BCUT2D eigenvalue weighted by molar-refractivity contribution is -0.326. The number of nitrogens with zero attached hydrogens (tertiary/aromatic N) is 1. The van der Waals surface area contributed by atoms with Crippen molar-refractivity contribution in [1.82, 2.24) is 4.98 Å². The molecule has 0 fully saturated rings. The van der Waals surface area contributed by atoms with Crippen LogP contribution in [0.2, 0.25) is 0 Å². The average Bonchev–Trinajstić information content (AvgIpc) is 3.18. The molecule has 0 spiro atoms. The Kier molecular flexibility index (Phi) is 3.09. The number of fused-ring (bicyclic) bond motifs is 1. The van der Waals surface area contributed by atoms with Gasteiger partial charge in [-0.3, -0.25) is 5.73 Å². The van der Waals surface area contributed by atoms with E-state index in [0.717, 1.165) is 27.0 Å². The minimum Gasteiger partial charge on any atom is -0.454 e. The first-order valence-electron chi connectivity index (χ1n) is 6.48.